The Morgan fingerprint density at radius 2 is 1.89 bits per heavy atom. The molecule has 0 radical (unpaired) electrons. The Morgan fingerprint density at radius 1 is 1.21 bits per heavy atom. The van der Waals surface area contributed by atoms with Crippen molar-refractivity contribution in [3.05, 3.63) is 57.3 Å². The number of methoxy groups -OCH3 is 1. The number of benzene rings is 2. The molecule has 4 N–H and O–H groups in total. The lowest BCUT2D eigenvalue weighted by atomic mass is 10.2. The van der Waals surface area contributed by atoms with Crippen LogP contribution in [0.25, 0.3) is 11.0 Å². The molecule has 0 aliphatic carbocycles. The molecular formula is C16H13ClN4O5S2. The molecule has 12 heteroatoms. The summed E-state index contributed by atoms with van der Waals surface area (Å²) in [5.41, 5.74) is 3.86. The second-order valence-corrected chi connectivity index (χ2v) is 7.94. The van der Waals surface area contributed by atoms with E-state index < -0.39 is 21.9 Å². The van der Waals surface area contributed by atoms with Crippen LogP contribution in [0.2, 0.25) is 5.02 Å². The van der Waals surface area contributed by atoms with Crippen molar-refractivity contribution in [3.8, 4) is 0 Å². The van der Waals surface area contributed by atoms with Crippen molar-refractivity contribution in [1.29, 1.82) is 0 Å². The fourth-order valence-corrected chi connectivity index (χ4v) is 3.82. The number of H-pyrrole nitrogens is 1. The number of sulfonamides is 1. The molecule has 9 nitrogen and oxygen atoms in total. The van der Waals surface area contributed by atoms with Gasteiger partial charge in [0.25, 0.3) is 5.91 Å². The van der Waals surface area contributed by atoms with E-state index in [1.165, 1.54) is 36.1 Å². The molecule has 0 spiro atoms. The lowest BCUT2D eigenvalue weighted by Crippen LogP contribution is -2.23. The standard InChI is InChI=1S/C16H13ClN4O5S2/c1-26-15(23)9-3-5-12-11(6-9)19-16(27)21(12)20-14(22)8-2-4-10(17)13(7-8)28(18,24)25/h2-7H,1H3,(H,19,27)(H,20,22)(H2,18,24,25). The van der Waals surface area contributed by atoms with Crippen molar-refractivity contribution in [1.82, 2.24) is 9.66 Å². The molecule has 3 rings (SSSR count). The molecule has 2 aromatic carbocycles. The van der Waals surface area contributed by atoms with Gasteiger partial charge in [-0.25, -0.2) is 23.0 Å². The summed E-state index contributed by atoms with van der Waals surface area (Å²) in [5, 5.41) is 5.00. The van der Waals surface area contributed by atoms with E-state index in [2.05, 4.69) is 15.1 Å². The van der Waals surface area contributed by atoms with Gasteiger partial charge in [-0.1, -0.05) is 11.6 Å². The van der Waals surface area contributed by atoms with E-state index in [0.717, 1.165) is 6.07 Å². The third-order valence-electron chi connectivity index (χ3n) is 3.82. The highest BCUT2D eigenvalue weighted by molar-refractivity contribution is 7.89. The normalized spacial score (nSPS) is 11.4. The van der Waals surface area contributed by atoms with Gasteiger partial charge in [0, 0.05) is 5.56 Å². The first-order valence-electron chi connectivity index (χ1n) is 7.58. The highest BCUT2D eigenvalue weighted by Crippen LogP contribution is 2.22. The van der Waals surface area contributed by atoms with Crippen molar-refractivity contribution < 1.29 is 22.7 Å². The number of amides is 1. The lowest BCUT2D eigenvalue weighted by molar-refractivity contribution is 0.0600. The van der Waals surface area contributed by atoms with Gasteiger partial charge in [0.1, 0.15) is 4.90 Å². The number of halogens is 1. The number of primary sulfonamides is 1. The fraction of sp³-hybridized carbons (Fsp3) is 0.0625. The van der Waals surface area contributed by atoms with E-state index >= 15 is 0 Å². The number of imidazole rings is 1. The third-order valence-corrected chi connectivity index (χ3v) is 5.49. The number of rotatable bonds is 4. The van der Waals surface area contributed by atoms with Crippen LogP contribution in [-0.4, -0.2) is 37.1 Å². The molecule has 0 bridgehead atoms. The number of aromatic amines is 1. The zero-order chi connectivity index (χ0) is 20.6. The summed E-state index contributed by atoms with van der Waals surface area (Å²) in [6, 6.07) is 8.29. The Labute approximate surface area is 169 Å². The Morgan fingerprint density at radius 3 is 2.54 bits per heavy atom. The lowest BCUT2D eigenvalue weighted by Gasteiger charge is -2.09. The molecule has 0 atom stereocenters. The average molecular weight is 441 g/mol. The van der Waals surface area contributed by atoms with Gasteiger partial charge in [-0.3, -0.25) is 10.2 Å². The fourth-order valence-electron chi connectivity index (χ4n) is 2.50. The summed E-state index contributed by atoms with van der Waals surface area (Å²) in [4.78, 5) is 26.7. The Bertz CT molecular complexity index is 1280. The van der Waals surface area contributed by atoms with E-state index in [0.29, 0.717) is 16.6 Å². The number of nitrogens with zero attached hydrogens (tertiary/aromatic N) is 1. The number of hydrogen-bond acceptors (Lipinski definition) is 6. The number of fused-ring (bicyclic) bond motifs is 1. The third kappa shape index (κ3) is 3.78. The van der Waals surface area contributed by atoms with E-state index in [-0.39, 0.29) is 20.3 Å². The van der Waals surface area contributed by atoms with Gasteiger partial charge >= 0.3 is 5.97 Å². The van der Waals surface area contributed by atoms with E-state index in [9.17, 15) is 18.0 Å². The Hall–Kier alpha value is -2.73. The molecule has 3 aromatic rings. The molecule has 0 fully saturated rings. The first-order valence-corrected chi connectivity index (χ1v) is 9.92. The highest BCUT2D eigenvalue weighted by Gasteiger charge is 2.18. The van der Waals surface area contributed by atoms with E-state index in [4.69, 9.17) is 29.0 Å². The van der Waals surface area contributed by atoms with Gasteiger partial charge in [0.05, 0.1) is 28.7 Å². The minimum absolute atomic E-state index is 0.0101. The average Bonchev–Trinajstić information content (AvgIpc) is 2.94. The summed E-state index contributed by atoms with van der Waals surface area (Å²) in [5.74, 6) is -1.16. The van der Waals surface area contributed by atoms with Crippen LogP contribution in [0.4, 0.5) is 0 Å². The van der Waals surface area contributed by atoms with Crippen LogP contribution in [0, 0.1) is 4.77 Å². The monoisotopic (exact) mass is 440 g/mol. The molecule has 0 saturated carbocycles. The molecule has 1 heterocycles. The SMILES string of the molecule is COC(=O)c1ccc2c(c1)[nH]c(=S)n2NC(=O)c1ccc(Cl)c(S(N)(=O)=O)c1. The van der Waals surface area contributed by atoms with Crippen molar-refractivity contribution >= 4 is 56.8 Å². The minimum Gasteiger partial charge on any atom is -0.465 e. The molecule has 0 aliphatic rings. The van der Waals surface area contributed by atoms with Crippen LogP contribution >= 0.6 is 23.8 Å². The van der Waals surface area contributed by atoms with Gasteiger partial charge in [0.15, 0.2) is 4.77 Å². The maximum Gasteiger partial charge on any atom is 0.337 e. The summed E-state index contributed by atoms with van der Waals surface area (Å²) in [6.45, 7) is 0. The molecule has 146 valence electrons. The summed E-state index contributed by atoms with van der Waals surface area (Å²) < 4.78 is 29.3. The number of esters is 1. The number of carbonyl (C=O) groups is 2. The number of ether oxygens (including phenoxy) is 1. The van der Waals surface area contributed by atoms with Crippen LogP contribution in [0.15, 0.2) is 41.3 Å². The summed E-state index contributed by atoms with van der Waals surface area (Å²) in [6.07, 6.45) is 0. The van der Waals surface area contributed by atoms with E-state index in [1.54, 1.807) is 6.07 Å². The van der Waals surface area contributed by atoms with Crippen molar-refractivity contribution in [3.63, 3.8) is 0 Å². The Kier molecular flexibility index (Phi) is 5.26. The predicted molar refractivity (Wildman–Crippen MR) is 105 cm³/mol. The zero-order valence-corrected chi connectivity index (χ0v) is 16.6. The number of hydrogen-bond donors (Lipinski definition) is 3. The van der Waals surface area contributed by atoms with Crippen molar-refractivity contribution in [2.45, 2.75) is 4.90 Å². The van der Waals surface area contributed by atoms with Crippen LogP contribution in [0.5, 0.6) is 0 Å². The highest BCUT2D eigenvalue weighted by atomic mass is 35.5. The first kappa shape index (κ1) is 20.0. The van der Waals surface area contributed by atoms with Gasteiger partial charge in [-0.15, -0.1) is 0 Å². The maximum absolute atomic E-state index is 12.6. The Balaban J connectivity index is 1.99. The van der Waals surface area contributed by atoms with Crippen molar-refractivity contribution in [2.75, 3.05) is 12.5 Å². The van der Waals surface area contributed by atoms with Gasteiger partial charge in [-0.2, -0.15) is 0 Å². The quantitative estimate of drug-likeness (QED) is 0.420. The van der Waals surface area contributed by atoms with Crippen LogP contribution in [0.1, 0.15) is 20.7 Å². The maximum atomic E-state index is 12.6. The first-order chi connectivity index (χ1) is 13.1. The number of aromatic nitrogens is 2. The van der Waals surface area contributed by atoms with Crippen LogP contribution in [0.3, 0.4) is 0 Å². The molecule has 1 aromatic heterocycles. The van der Waals surface area contributed by atoms with Gasteiger partial charge in [-0.05, 0) is 48.6 Å². The van der Waals surface area contributed by atoms with Crippen LogP contribution < -0.4 is 10.6 Å². The number of carbonyl (C=O) groups excluding carboxylic acids is 2. The topological polar surface area (TPSA) is 136 Å². The molecule has 1 amide bonds. The predicted octanol–water partition coefficient (Wildman–Crippen LogP) is 2.17. The molecule has 0 unspecified atom stereocenters. The van der Waals surface area contributed by atoms with E-state index in [1.807, 2.05) is 0 Å². The van der Waals surface area contributed by atoms with Crippen LogP contribution in [-0.2, 0) is 14.8 Å². The summed E-state index contributed by atoms with van der Waals surface area (Å²) >= 11 is 11.0. The molecule has 28 heavy (non-hydrogen) atoms. The van der Waals surface area contributed by atoms with Crippen molar-refractivity contribution in [2.24, 2.45) is 5.14 Å². The van der Waals surface area contributed by atoms with Gasteiger partial charge in [0.2, 0.25) is 10.0 Å². The minimum atomic E-state index is -4.10. The second-order valence-electron chi connectivity index (χ2n) is 5.62. The molecule has 0 saturated heterocycles. The summed E-state index contributed by atoms with van der Waals surface area (Å²) in [7, 11) is -2.83. The smallest absolute Gasteiger partial charge is 0.337 e. The zero-order valence-electron chi connectivity index (χ0n) is 14.2. The van der Waals surface area contributed by atoms with Gasteiger partial charge < -0.3 is 9.72 Å². The largest absolute Gasteiger partial charge is 0.465 e. The number of nitrogens with two attached hydrogens (primary N) is 1. The molecular weight excluding hydrogens is 428 g/mol. The second kappa shape index (κ2) is 7.36. The molecule has 0 aliphatic heterocycles. The number of nitrogens with one attached hydrogen (secondary N) is 2.